The van der Waals surface area contributed by atoms with Gasteiger partial charge in [0.1, 0.15) is 5.75 Å². The van der Waals surface area contributed by atoms with Gasteiger partial charge in [-0.15, -0.1) is 10.2 Å². The average Bonchev–Trinajstić information content (AvgIpc) is 3.44. The molecule has 2 aromatic carbocycles. The van der Waals surface area contributed by atoms with Gasteiger partial charge in [0.25, 0.3) is 0 Å². The number of anilines is 1. The third kappa shape index (κ3) is 4.66. The monoisotopic (exact) mass is 468 g/mol. The van der Waals surface area contributed by atoms with Crippen LogP contribution in [0.25, 0.3) is 17.3 Å². The molecule has 32 heavy (non-hydrogen) atoms. The predicted octanol–water partition coefficient (Wildman–Crippen LogP) is 5.54. The van der Waals surface area contributed by atoms with Crippen LogP contribution in [0.4, 0.5) is 5.69 Å². The minimum absolute atomic E-state index is 0.135. The van der Waals surface area contributed by atoms with Crippen molar-refractivity contribution < 1.29 is 13.9 Å². The quantitative estimate of drug-likeness (QED) is 0.359. The highest BCUT2D eigenvalue weighted by atomic mass is 35.5. The molecule has 0 saturated heterocycles. The first-order valence-corrected chi connectivity index (χ1v) is 11.2. The number of carbonyl (C=O) groups excluding carboxylic acids is 1. The van der Waals surface area contributed by atoms with Gasteiger partial charge >= 0.3 is 0 Å². The molecular formula is C23H21ClN4O3S. The summed E-state index contributed by atoms with van der Waals surface area (Å²) < 4.78 is 12.6. The van der Waals surface area contributed by atoms with Gasteiger partial charge in [-0.25, -0.2) is 0 Å². The minimum atomic E-state index is -0.187. The number of thioether (sulfide) groups is 1. The van der Waals surface area contributed by atoms with E-state index in [1.807, 2.05) is 60.9 Å². The summed E-state index contributed by atoms with van der Waals surface area (Å²) in [6.45, 7) is 3.88. The zero-order valence-electron chi connectivity index (χ0n) is 17.8. The van der Waals surface area contributed by atoms with Crippen LogP contribution in [0, 0.1) is 13.8 Å². The standard InChI is InChI=1S/C23H21ClN4O3S/c1-14-11-15(2)21(18(24)12-14)25-20(29)13-32-23-27-26-22(19-5-4-10-31-19)28(23)16-6-8-17(30-3)9-7-16/h4-12H,13H2,1-3H3,(H,25,29). The van der Waals surface area contributed by atoms with E-state index < -0.39 is 0 Å². The molecule has 1 N–H and O–H groups in total. The SMILES string of the molecule is COc1ccc(-n2c(SCC(=O)Nc3c(C)cc(C)cc3Cl)nnc2-c2ccco2)cc1. The van der Waals surface area contributed by atoms with E-state index in [-0.39, 0.29) is 11.7 Å². The van der Waals surface area contributed by atoms with Crippen LogP contribution in [-0.4, -0.2) is 33.5 Å². The highest BCUT2D eigenvalue weighted by molar-refractivity contribution is 7.99. The molecule has 9 heteroatoms. The van der Waals surface area contributed by atoms with Gasteiger partial charge in [-0.3, -0.25) is 9.36 Å². The van der Waals surface area contributed by atoms with Crippen molar-refractivity contribution in [2.24, 2.45) is 0 Å². The Bertz CT molecular complexity index is 1210. The minimum Gasteiger partial charge on any atom is -0.497 e. The van der Waals surface area contributed by atoms with E-state index in [2.05, 4.69) is 15.5 Å². The van der Waals surface area contributed by atoms with Crippen LogP contribution in [0.2, 0.25) is 5.02 Å². The Morgan fingerprint density at radius 3 is 2.62 bits per heavy atom. The topological polar surface area (TPSA) is 82.2 Å². The molecule has 0 spiro atoms. The van der Waals surface area contributed by atoms with E-state index in [1.54, 1.807) is 19.4 Å². The Morgan fingerprint density at radius 2 is 1.97 bits per heavy atom. The molecule has 0 aliphatic carbocycles. The molecule has 2 heterocycles. The number of ether oxygens (including phenoxy) is 1. The highest BCUT2D eigenvalue weighted by Gasteiger charge is 2.19. The second-order valence-electron chi connectivity index (χ2n) is 7.09. The summed E-state index contributed by atoms with van der Waals surface area (Å²) in [5, 5.41) is 12.6. The molecule has 7 nitrogen and oxygen atoms in total. The maximum Gasteiger partial charge on any atom is 0.234 e. The molecule has 0 aliphatic rings. The number of methoxy groups -OCH3 is 1. The Morgan fingerprint density at radius 1 is 1.19 bits per heavy atom. The second-order valence-corrected chi connectivity index (χ2v) is 8.44. The fraction of sp³-hybridized carbons (Fsp3) is 0.174. The smallest absolute Gasteiger partial charge is 0.234 e. The second kappa shape index (κ2) is 9.50. The van der Waals surface area contributed by atoms with E-state index in [0.29, 0.717) is 27.5 Å². The van der Waals surface area contributed by atoms with Crippen molar-refractivity contribution in [3.05, 3.63) is 70.9 Å². The van der Waals surface area contributed by atoms with Gasteiger partial charge in [0, 0.05) is 0 Å². The van der Waals surface area contributed by atoms with Crippen LogP contribution >= 0.6 is 23.4 Å². The van der Waals surface area contributed by atoms with Crippen LogP contribution in [0.15, 0.2) is 64.4 Å². The van der Waals surface area contributed by atoms with E-state index in [1.165, 1.54) is 11.8 Å². The van der Waals surface area contributed by atoms with Crippen molar-refractivity contribution in [1.82, 2.24) is 14.8 Å². The van der Waals surface area contributed by atoms with Crippen LogP contribution in [0.1, 0.15) is 11.1 Å². The zero-order valence-corrected chi connectivity index (χ0v) is 19.3. The molecule has 2 aromatic heterocycles. The Kier molecular flexibility index (Phi) is 6.53. The molecule has 0 aliphatic heterocycles. The molecule has 0 bridgehead atoms. The van der Waals surface area contributed by atoms with E-state index in [9.17, 15) is 4.79 Å². The zero-order chi connectivity index (χ0) is 22.7. The maximum absolute atomic E-state index is 12.7. The Labute approximate surface area is 194 Å². The number of aromatic nitrogens is 3. The summed E-state index contributed by atoms with van der Waals surface area (Å²) in [7, 11) is 1.62. The number of rotatable bonds is 7. The molecule has 0 radical (unpaired) electrons. The molecular weight excluding hydrogens is 448 g/mol. The Hall–Kier alpha value is -3.23. The first-order valence-electron chi connectivity index (χ1n) is 9.79. The number of carbonyl (C=O) groups is 1. The summed E-state index contributed by atoms with van der Waals surface area (Å²) >= 11 is 7.59. The van der Waals surface area contributed by atoms with E-state index >= 15 is 0 Å². The molecule has 4 aromatic rings. The number of nitrogens with zero attached hydrogens (tertiary/aromatic N) is 3. The summed E-state index contributed by atoms with van der Waals surface area (Å²) in [5.74, 6) is 1.80. The maximum atomic E-state index is 12.7. The number of nitrogens with one attached hydrogen (secondary N) is 1. The van der Waals surface area contributed by atoms with Crippen molar-refractivity contribution >= 4 is 35.0 Å². The number of benzene rings is 2. The number of halogens is 1. The third-order valence-electron chi connectivity index (χ3n) is 4.73. The molecule has 1 amide bonds. The Balaban J connectivity index is 1.58. The lowest BCUT2D eigenvalue weighted by Gasteiger charge is -2.12. The van der Waals surface area contributed by atoms with E-state index in [4.69, 9.17) is 20.8 Å². The van der Waals surface area contributed by atoms with Crippen molar-refractivity contribution in [3.8, 4) is 23.0 Å². The fourth-order valence-corrected chi connectivity index (χ4v) is 4.39. The first kappa shape index (κ1) is 22.0. The lowest BCUT2D eigenvalue weighted by molar-refractivity contribution is -0.113. The van der Waals surface area contributed by atoms with Gasteiger partial charge in [-0.05, 0) is 67.4 Å². The lowest BCUT2D eigenvalue weighted by atomic mass is 10.1. The van der Waals surface area contributed by atoms with Gasteiger partial charge in [0.15, 0.2) is 10.9 Å². The summed E-state index contributed by atoms with van der Waals surface area (Å²) in [5.41, 5.74) is 3.39. The van der Waals surface area contributed by atoms with Gasteiger partial charge in [-0.2, -0.15) is 0 Å². The fourth-order valence-electron chi connectivity index (χ4n) is 3.27. The van der Waals surface area contributed by atoms with Gasteiger partial charge in [0.2, 0.25) is 11.7 Å². The van der Waals surface area contributed by atoms with Crippen LogP contribution in [0.5, 0.6) is 5.75 Å². The van der Waals surface area contributed by atoms with Crippen LogP contribution in [0.3, 0.4) is 0 Å². The summed E-state index contributed by atoms with van der Waals surface area (Å²) in [6.07, 6.45) is 1.58. The van der Waals surface area contributed by atoms with Gasteiger partial charge < -0.3 is 14.5 Å². The van der Waals surface area contributed by atoms with Crippen molar-refractivity contribution in [2.45, 2.75) is 19.0 Å². The predicted molar refractivity (Wildman–Crippen MR) is 126 cm³/mol. The van der Waals surface area contributed by atoms with Crippen molar-refractivity contribution in [1.29, 1.82) is 0 Å². The number of amides is 1. The molecule has 0 unspecified atom stereocenters. The first-order chi connectivity index (χ1) is 15.5. The number of hydrogen-bond donors (Lipinski definition) is 1. The van der Waals surface area contributed by atoms with E-state index in [0.717, 1.165) is 22.6 Å². The number of aryl methyl sites for hydroxylation is 2. The molecule has 164 valence electrons. The number of hydrogen-bond acceptors (Lipinski definition) is 6. The summed E-state index contributed by atoms with van der Waals surface area (Å²) in [6, 6.07) is 14.9. The number of furan rings is 1. The summed E-state index contributed by atoms with van der Waals surface area (Å²) in [4.78, 5) is 12.7. The van der Waals surface area contributed by atoms with Gasteiger partial charge in [-0.1, -0.05) is 29.4 Å². The third-order valence-corrected chi connectivity index (χ3v) is 5.96. The normalized spacial score (nSPS) is 10.9. The molecule has 0 fully saturated rings. The van der Waals surface area contributed by atoms with Crippen LogP contribution < -0.4 is 10.1 Å². The highest BCUT2D eigenvalue weighted by Crippen LogP contribution is 2.30. The molecule has 4 rings (SSSR count). The van der Waals surface area contributed by atoms with Crippen LogP contribution in [-0.2, 0) is 4.79 Å². The van der Waals surface area contributed by atoms with Gasteiger partial charge in [0.05, 0.1) is 35.5 Å². The van der Waals surface area contributed by atoms with Crippen molar-refractivity contribution in [2.75, 3.05) is 18.2 Å². The molecule has 0 atom stereocenters. The average molecular weight is 469 g/mol. The molecule has 0 saturated carbocycles. The lowest BCUT2D eigenvalue weighted by Crippen LogP contribution is -2.16. The largest absolute Gasteiger partial charge is 0.497 e. The van der Waals surface area contributed by atoms with Crippen molar-refractivity contribution in [3.63, 3.8) is 0 Å².